The van der Waals surface area contributed by atoms with Crippen molar-refractivity contribution in [3.63, 3.8) is 0 Å². The van der Waals surface area contributed by atoms with Gasteiger partial charge in [-0.05, 0) is 44.2 Å². The summed E-state index contributed by atoms with van der Waals surface area (Å²) in [5.41, 5.74) is 6.80. The Bertz CT molecular complexity index is 1170. The normalized spacial score (nSPS) is 11.0. The molecule has 4 heteroatoms. The highest BCUT2D eigenvalue weighted by Gasteiger charge is 2.11. The molecule has 0 bridgehead atoms. The molecule has 1 N–H and O–H groups in total. The van der Waals surface area contributed by atoms with Gasteiger partial charge in [0.1, 0.15) is 0 Å². The molecule has 0 atom stereocenters. The SMILES string of the molecule is Cc1ccc(NC(=O)C=Cc2cn(-c3ccccc3)nc2-c2ccc(C)cc2)cc1. The monoisotopic (exact) mass is 393 g/mol. The topological polar surface area (TPSA) is 46.9 Å². The third-order valence-electron chi connectivity index (χ3n) is 4.82. The molecule has 148 valence electrons. The Balaban J connectivity index is 1.64. The number of aromatic nitrogens is 2. The number of para-hydroxylation sites is 1. The molecule has 0 aliphatic carbocycles. The lowest BCUT2D eigenvalue weighted by Crippen LogP contribution is -2.07. The first-order chi connectivity index (χ1) is 14.6. The fraction of sp³-hybridized carbons (Fsp3) is 0.0769. The van der Waals surface area contributed by atoms with Gasteiger partial charge in [-0.1, -0.05) is 65.7 Å². The van der Waals surface area contributed by atoms with E-state index in [2.05, 4.69) is 36.5 Å². The van der Waals surface area contributed by atoms with Crippen LogP contribution in [0.5, 0.6) is 0 Å². The number of nitrogens with zero attached hydrogens (tertiary/aromatic N) is 2. The van der Waals surface area contributed by atoms with E-state index in [1.807, 2.05) is 78.5 Å². The van der Waals surface area contributed by atoms with Crippen LogP contribution in [0.25, 0.3) is 23.0 Å². The predicted octanol–water partition coefficient (Wildman–Crippen LogP) is 5.81. The van der Waals surface area contributed by atoms with Gasteiger partial charge in [0.2, 0.25) is 5.91 Å². The van der Waals surface area contributed by atoms with Crippen LogP contribution in [0.2, 0.25) is 0 Å². The first-order valence-corrected chi connectivity index (χ1v) is 9.86. The van der Waals surface area contributed by atoms with E-state index >= 15 is 0 Å². The first kappa shape index (κ1) is 19.4. The van der Waals surface area contributed by atoms with Crippen molar-refractivity contribution in [3.05, 3.63) is 108 Å². The molecule has 0 saturated carbocycles. The number of nitrogens with one attached hydrogen (secondary N) is 1. The van der Waals surface area contributed by atoms with Gasteiger partial charge in [0.05, 0.1) is 11.4 Å². The van der Waals surface area contributed by atoms with Gasteiger partial charge >= 0.3 is 0 Å². The number of benzene rings is 3. The van der Waals surface area contributed by atoms with Crippen LogP contribution in [-0.4, -0.2) is 15.7 Å². The summed E-state index contributed by atoms with van der Waals surface area (Å²) in [6, 6.07) is 25.9. The number of anilines is 1. The minimum Gasteiger partial charge on any atom is -0.323 e. The highest BCUT2D eigenvalue weighted by Crippen LogP contribution is 2.25. The van der Waals surface area contributed by atoms with Crippen molar-refractivity contribution in [1.29, 1.82) is 0 Å². The van der Waals surface area contributed by atoms with Crippen LogP contribution in [0.15, 0.2) is 91.1 Å². The van der Waals surface area contributed by atoms with Crippen molar-refractivity contribution in [2.45, 2.75) is 13.8 Å². The smallest absolute Gasteiger partial charge is 0.248 e. The second-order valence-corrected chi connectivity index (χ2v) is 7.27. The number of carbonyl (C=O) groups is 1. The molecule has 30 heavy (non-hydrogen) atoms. The van der Waals surface area contributed by atoms with E-state index in [9.17, 15) is 4.79 Å². The summed E-state index contributed by atoms with van der Waals surface area (Å²) in [6.07, 6.45) is 5.30. The van der Waals surface area contributed by atoms with E-state index in [4.69, 9.17) is 5.10 Å². The van der Waals surface area contributed by atoms with E-state index < -0.39 is 0 Å². The molecule has 4 nitrogen and oxygen atoms in total. The summed E-state index contributed by atoms with van der Waals surface area (Å²) in [6.45, 7) is 4.07. The number of amides is 1. The highest BCUT2D eigenvalue weighted by atomic mass is 16.1. The summed E-state index contributed by atoms with van der Waals surface area (Å²) in [7, 11) is 0. The largest absolute Gasteiger partial charge is 0.323 e. The molecule has 1 aromatic heterocycles. The van der Waals surface area contributed by atoms with Crippen LogP contribution in [0.4, 0.5) is 5.69 Å². The van der Waals surface area contributed by atoms with Crippen LogP contribution in [0.1, 0.15) is 16.7 Å². The summed E-state index contributed by atoms with van der Waals surface area (Å²) in [4.78, 5) is 12.4. The van der Waals surface area contributed by atoms with Crippen LogP contribution in [0.3, 0.4) is 0 Å². The van der Waals surface area contributed by atoms with Gasteiger partial charge in [0.15, 0.2) is 0 Å². The molecule has 3 aromatic carbocycles. The van der Waals surface area contributed by atoms with Crippen molar-refractivity contribution in [2.24, 2.45) is 0 Å². The Morgan fingerprint density at radius 1 is 0.867 bits per heavy atom. The van der Waals surface area contributed by atoms with Crippen molar-refractivity contribution < 1.29 is 4.79 Å². The molecule has 1 amide bonds. The Morgan fingerprint density at radius 2 is 1.50 bits per heavy atom. The molecule has 4 rings (SSSR count). The molecule has 0 aliphatic rings. The van der Waals surface area contributed by atoms with Crippen molar-refractivity contribution >= 4 is 17.7 Å². The maximum Gasteiger partial charge on any atom is 0.248 e. The quantitative estimate of drug-likeness (QED) is 0.435. The number of carbonyl (C=O) groups excluding carboxylic acids is 1. The molecule has 0 radical (unpaired) electrons. The summed E-state index contributed by atoms with van der Waals surface area (Å²) >= 11 is 0. The van der Waals surface area contributed by atoms with E-state index in [-0.39, 0.29) is 5.91 Å². The Labute approximate surface area is 176 Å². The molecule has 0 spiro atoms. The Morgan fingerprint density at radius 3 is 2.17 bits per heavy atom. The number of aryl methyl sites for hydroxylation is 2. The molecule has 4 aromatic rings. The third-order valence-corrected chi connectivity index (χ3v) is 4.82. The van der Waals surface area contributed by atoms with E-state index in [1.54, 1.807) is 6.08 Å². The van der Waals surface area contributed by atoms with Crippen LogP contribution >= 0.6 is 0 Å². The van der Waals surface area contributed by atoms with Gasteiger partial charge in [-0.3, -0.25) is 4.79 Å². The number of hydrogen-bond donors (Lipinski definition) is 1. The molecule has 0 unspecified atom stereocenters. The van der Waals surface area contributed by atoms with Gasteiger partial charge in [-0.25, -0.2) is 4.68 Å². The summed E-state index contributed by atoms with van der Waals surface area (Å²) in [5.74, 6) is -0.179. The van der Waals surface area contributed by atoms with Crippen molar-refractivity contribution in [1.82, 2.24) is 9.78 Å². The van der Waals surface area contributed by atoms with Crippen molar-refractivity contribution in [2.75, 3.05) is 5.32 Å². The highest BCUT2D eigenvalue weighted by molar-refractivity contribution is 6.02. The molecular weight excluding hydrogens is 370 g/mol. The average Bonchev–Trinajstić information content (AvgIpc) is 3.19. The molecule has 0 fully saturated rings. The lowest BCUT2D eigenvalue weighted by molar-refractivity contribution is -0.111. The number of hydrogen-bond acceptors (Lipinski definition) is 2. The Kier molecular flexibility index (Phi) is 5.57. The zero-order valence-corrected chi connectivity index (χ0v) is 17.0. The Hall–Kier alpha value is -3.92. The molecule has 0 saturated heterocycles. The fourth-order valence-electron chi connectivity index (χ4n) is 3.14. The van der Waals surface area contributed by atoms with Crippen LogP contribution in [-0.2, 0) is 4.79 Å². The number of rotatable bonds is 5. The maximum atomic E-state index is 12.4. The maximum absolute atomic E-state index is 12.4. The summed E-state index contributed by atoms with van der Waals surface area (Å²) in [5, 5.41) is 7.68. The van der Waals surface area contributed by atoms with E-state index in [1.165, 1.54) is 5.56 Å². The van der Waals surface area contributed by atoms with Gasteiger partial charge in [-0.15, -0.1) is 0 Å². The molecule has 1 heterocycles. The van der Waals surface area contributed by atoms with Crippen LogP contribution in [0, 0.1) is 13.8 Å². The second kappa shape index (κ2) is 8.62. The standard InChI is InChI=1S/C26H23N3O/c1-19-8-12-21(13-9-19)26-22(18-29(28-26)24-6-4-3-5-7-24)14-17-25(30)27-23-15-10-20(2)11-16-23/h3-18H,1-2H3,(H,27,30). The van der Waals surface area contributed by atoms with E-state index in [0.29, 0.717) is 0 Å². The molecule has 0 aliphatic heterocycles. The third kappa shape index (κ3) is 4.55. The zero-order valence-electron chi connectivity index (χ0n) is 17.0. The van der Waals surface area contributed by atoms with Gasteiger partial charge in [-0.2, -0.15) is 5.10 Å². The first-order valence-electron chi connectivity index (χ1n) is 9.86. The van der Waals surface area contributed by atoms with Crippen LogP contribution < -0.4 is 5.32 Å². The second-order valence-electron chi connectivity index (χ2n) is 7.27. The minimum atomic E-state index is -0.179. The van der Waals surface area contributed by atoms with Gasteiger partial charge < -0.3 is 5.32 Å². The summed E-state index contributed by atoms with van der Waals surface area (Å²) < 4.78 is 1.84. The fourth-order valence-corrected chi connectivity index (χ4v) is 3.14. The molecular formula is C26H23N3O. The minimum absolute atomic E-state index is 0.179. The average molecular weight is 393 g/mol. The predicted molar refractivity (Wildman–Crippen MR) is 123 cm³/mol. The van der Waals surface area contributed by atoms with E-state index in [0.717, 1.165) is 33.8 Å². The lowest BCUT2D eigenvalue weighted by atomic mass is 10.1. The lowest BCUT2D eigenvalue weighted by Gasteiger charge is -2.02. The van der Waals surface area contributed by atoms with Crippen molar-refractivity contribution in [3.8, 4) is 16.9 Å². The zero-order chi connectivity index (χ0) is 20.9. The van der Waals surface area contributed by atoms with Gasteiger partial charge in [0.25, 0.3) is 0 Å². The van der Waals surface area contributed by atoms with Gasteiger partial charge in [0, 0.05) is 29.1 Å².